The van der Waals surface area contributed by atoms with Gasteiger partial charge in [0.05, 0.1) is 17.8 Å². The second-order valence-corrected chi connectivity index (χ2v) is 9.32. The fourth-order valence-corrected chi connectivity index (χ4v) is 5.49. The summed E-state index contributed by atoms with van der Waals surface area (Å²) in [6.07, 6.45) is 5.12. The van der Waals surface area contributed by atoms with E-state index in [4.69, 9.17) is 0 Å². The second-order valence-electron chi connectivity index (χ2n) is 8.47. The van der Waals surface area contributed by atoms with Crippen LogP contribution in [0.3, 0.4) is 0 Å². The van der Waals surface area contributed by atoms with Crippen LogP contribution in [0.4, 0.5) is 5.69 Å². The summed E-state index contributed by atoms with van der Waals surface area (Å²) >= 11 is 3.62. The van der Waals surface area contributed by atoms with Crippen molar-refractivity contribution in [3.05, 3.63) is 82.0 Å². The maximum atomic E-state index is 13.6. The molecule has 0 saturated heterocycles. The zero-order valence-electron chi connectivity index (χ0n) is 17.4. The van der Waals surface area contributed by atoms with Crippen LogP contribution in [0.15, 0.2) is 59.3 Å². The molecule has 1 aromatic heterocycles. The maximum absolute atomic E-state index is 13.6. The van der Waals surface area contributed by atoms with Crippen LogP contribution in [0.25, 0.3) is 27.6 Å². The first kappa shape index (κ1) is 19.3. The van der Waals surface area contributed by atoms with Gasteiger partial charge in [-0.1, -0.05) is 52.3 Å². The van der Waals surface area contributed by atoms with Gasteiger partial charge in [-0.25, -0.2) is 9.97 Å². The number of halogens is 1. The Labute approximate surface area is 192 Å². The fourth-order valence-electron chi connectivity index (χ4n) is 4.99. The van der Waals surface area contributed by atoms with Crippen LogP contribution in [0.1, 0.15) is 41.3 Å². The molecule has 0 bridgehead atoms. The van der Waals surface area contributed by atoms with Crippen LogP contribution in [-0.2, 0) is 10.2 Å². The minimum atomic E-state index is -1.13. The Bertz CT molecular complexity index is 1540. The van der Waals surface area contributed by atoms with Crippen LogP contribution in [-0.4, -0.2) is 21.5 Å². The van der Waals surface area contributed by atoms with Crippen molar-refractivity contribution >= 4 is 60.8 Å². The molecule has 1 aliphatic carbocycles. The van der Waals surface area contributed by atoms with Gasteiger partial charge in [-0.3, -0.25) is 14.9 Å². The summed E-state index contributed by atoms with van der Waals surface area (Å²) in [6.45, 7) is 3.52. The maximum Gasteiger partial charge on any atom is 0.174 e. The van der Waals surface area contributed by atoms with Crippen molar-refractivity contribution in [2.75, 3.05) is 0 Å². The first-order valence-electron chi connectivity index (χ1n) is 10.4. The highest BCUT2D eigenvalue weighted by atomic mass is 79.9. The van der Waals surface area contributed by atoms with Gasteiger partial charge in [0.2, 0.25) is 0 Å². The molecule has 0 N–H and O–H groups in total. The molecule has 0 amide bonds. The lowest BCUT2D eigenvalue weighted by Crippen LogP contribution is -2.47. The highest BCUT2D eigenvalue weighted by Crippen LogP contribution is 2.45. The Hall–Kier alpha value is -3.38. The average Bonchev–Trinajstić information content (AvgIpc) is 3.28. The minimum Gasteiger partial charge on any atom is -0.297 e. The van der Waals surface area contributed by atoms with Gasteiger partial charge in [0.25, 0.3) is 0 Å². The van der Waals surface area contributed by atoms with E-state index in [-0.39, 0.29) is 11.6 Å². The Balaban J connectivity index is 1.69. The minimum absolute atomic E-state index is 0.154. The topological polar surface area (TPSA) is 74.0 Å². The fraction of sp³-hybridized carbons (Fsp3) is 0.154. The molecule has 2 unspecified atom stereocenters. The summed E-state index contributed by atoms with van der Waals surface area (Å²) in [5, 5.41) is 8.19. The number of Topliss-reactive ketones (excluding diaryl/α,β-unsaturated/α-hetero) is 2. The monoisotopic (exact) mass is 482 g/mol. The number of aromatic nitrogens is 2. The molecule has 2 heterocycles. The molecule has 6 rings (SSSR count). The van der Waals surface area contributed by atoms with Gasteiger partial charge in [-0.15, -0.1) is 0 Å². The van der Waals surface area contributed by atoms with Crippen molar-refractivity contribution in [1.82, 2.24) is 15.3 Å². The van der Waals surface area contributed by atoms with Crippen LogP contribution in [0.2, 0.25) is 0 Å². The third kappa shape index (κ3) is 2.38. The first-order chi connectivity index (χ1) is 15.4. The van der Waals surface area contributed by atoms with Gasteiger partial charge >= 0.3 is 0 Å². The first-order valence-corrected chi connectivity index (χ1v) is 11.2. The molecule has 1 radical (unpaired) electrons. The normalized spacial score (nSPS) is 21.7. The lowest BCUT2D eigenvalue weighted by atomic mass is 9.64. The van der Waals surface area contributed by atoms with E-state index in [1.165, 1.54) is 0 Å². The molecule has 5 nitrogen and oxygen atoms in total. The van der Waals surface area contributed by atoms with Crippen LogP contribution >= 0.6 is 15.9 Å². The number of carbonyl (C=O) groups is 2. The molecule has 0 fully saturated rings. The molecule has 4 aromatic rings. The van der Waals surface area contributed by atoms with Crippen molar-refractivity contribution in [2.45, 2.75) is 19.3 Å². The van der Waals surface area contributed by atoms with Crippen molar-refractivity contribution in [2.24, 2.45) is 5.92 Å². The summed E-state index contributed by atoms with van der Waals surface area (Å²) in [5.74, 6) is -0.727. The molecule has 2 atom stereocenters. The molecule has 155 valence electrons. The van der Waals surface area contributed by atoms with Crippen molar-refractivity contribution in [1.29, 1.82) is 0 Å². The van der Waals surface area contributed by atoms with E-state index in [0.29, 0.717) is 28.3 Å². The smallest absolute Gasteiger partial charge is 0.174 e. The number of rotatable bonds is 1. The molecule has 3 aromatic carbocycles. The number of fused-ring (bicyclic) bond motifs is 6. The van der Waals surface area contributed by atoms with Crippen molar-refractivity contribution in [3.8, 4) is 0 Å². The lowest BCUT2D eigenvalue weighted by molar-refractivity contribution is -0.125. The molecular formula is C26H17BrN3O2. The predicted octanol–water partition coefficient (Wildman–Crippen LogP) is 5.47. The van der Waals surface area contributed by atoms with Gasteiger partial charge in [0.15, 0.2) is 11.6 Å². The standard InChI is InChI=1S/C26H17BrN3O2/c1-13-23(31)22-17-7-6-16-14(4-3-5-19(16)27)15(17)8-9-18(22)26(2,24(13)32)25-29-12-21-20(30-25)10-11-28-21/h3-13H,1-2H3. The van der Waals surface area contributed by atoms with E-state index < -0.39 is 11.3 Å². The molecular weight excluding hydrogens is 466 g/mol. The molecule has 2 aliphatic rings. The Morgan fingerprint density at radius 3 is 2.56 bits per heavy atom. The van der Waals surface area contributed by atoms with Gasteiger partial charge in [-0.05, 0) is 53.1 Å². The second kappa shape index (κ2) is 6.56. The van der Waals surface area contributed by atoms with E-state index >= 15 is 0 Å². The number of ketones is 2. The Morgan fingerprint density at radius 1 is 0.969 bits per heavy atom. The molecule has 0 spiro atoms. The Kier molecular flexibility index (Phi) is 3.96. The van der Waals surface area contributed by atoms with Crippen molar-refractivity contribution in [3.63, 3.8) is 0 Å². The van der Waals surface area contributed by atoms with Crippen LogP contribution in [0.5, 0.6) is 0 Å². The zero-order chi connectivity index (χ0) is 22.2. The highest BCUT2D eigenvalue weighted by molar-refractivity contribution is 9.10. The van der Waals surface area contributed by atoms with Gasteiger partial charge in [0, 0.05) is 16.2 Å². The SMILES string of the molecule is CC1C(=O)c2c(ccc3c2ccc2c(Br)cccc23)C(C)(c2ncc3c(n2)C=C[N]3)C1=O. The third-order valence-corrected chi connectivity index (χ3v) is 7.45. The van der Waals surface area contributed by atoms with Crippen LogP contribution in [0, 0.1) is 5.92 Å². The van der Waals surface area contributed by atoms with E-state index in [0.717, 1.165) is 26.0 Å². The molecule has 1 aliphatic heterocycles. The number of hydrogen-bond acceptors (Lipinski definition) is 4. The zero-order valence-corrected chi connectivity index (χ0v) is 19.0. The largest absolute Gasteiger partial charge is 0.297 e. The van der Waals surface area contributed by atoms with Gasteiger partial charge in [-0.2, -0.15) is 0 Å². The van der Waals surface area contributed by atoms with Crippen LogP contribution < -0.4 is 5.32 Å². The summed E-state index contributed by atoms with van der Waals surface area (Å²) < 4.78 is 0.999. The summed E-state index contributed by atoms with van der Waals surface area (Å²) in [5.41, 5.74) is 1.48. The average molecular weight is 483 g/mol. The Morgan fingerprint density at radius 2 is 1.72 bits per heavy atom. The number of hydrogen-bond donors (Lipinski definition) is 0. The molecule has 32 heavy (non-hydrogen) atoms. The van der Waals surface area contributed by atoms with Crippen molar-refractivity contribution < 1.29 is 9.59 Å². The quantitative estimate of drug-likeness (QED) is 0.266. The van der Waals surface area contributed by atoms with E-state index in [1.54, 1.807) is 25.4 Å². The van der Waals surface area contributed by atoms with E-state index in [1.807, 2.05) is 43.3 Å². The lowest BCUT2D eigenvalue weighted by Gasteiger charge is -2.36. The molecule has 6 heteroatoms. The summed E-state index contributed by atoms with van der Waals surface area (Å²) in [6, 6.07) is 13.9. The van der Waals surface area contributed by atoms with Gasteiger partial charge < -0.3 is 0 Å². The predicted molar refractivity (Wildman–Crippen MR) is 127 cm³/mol. The third-order valence-electron chi connectivity index (χ3n) is 6.76. The highest BCUT2D eigenvalue weighted by Gasteiger charge is 2.50. The number of carbonyl (C=O) groups excluding carboxylic acids is 2. The number of benzene rings is 3. The van der Waals surface area contributed by atoms with Gasteiger partial charge in [0.1, 0.15) is 16.9 Å². The summed E-state index contributed by atoms with van der Waals surface area (Å²) in [7, 11) is 0. The van der Waals surface area contributed by atoms with E-state index in [9.17, 15) is 9.59 Å². The van der Waals surface area contributed by atoms with E-state index in [2.05, 4.69) is 37.3 Å². The number of nitrogens with zero attached hydrogens (tertiary/aromatic N) is 3. The molecule has 0 saturated carbocycles. The summed E-state index contributed by atoms with van der Waals surface area (Å²) in [4.78, 5) is 36.2.